The molecule has 0 amide bonds. The first-order valence-corrected chi connectivity index (χ1v) is 5.48. The van der Waals surface area contributed by atoms with Crippen LogP contribution in [0.2, 0.25) is 0 Å². The van der Waals surface area contributed by atoms with Gasteiger partial charge in [0.1, 0.15) is 5.75 Å². The predicted molar refractivity (Wildman–Crippen MR) is 66.1 cm³/mol. The average molecular weight is 232 g/mol. The minimum absolute atomic E-state index is 0.398. The van der Waals surface area contributed by atoms with Crippen LogP contribution in [0.4, 0.5) is 0 Å². The van der Waals surface area contributed by atoms with Crippen LogP contribution in [0.1, 0.15) is 35.7 Å². The summed E-state index contributed by atoms with van der Waals surface area (Å²) in [6.07, 6.45) is 1.77. The second-order valence-electron chi connectivity index (χ2n) is 3.43. The Bertz CT molecular complexity index is 452. The van der Waals surface area contributed by atoms with Crippen LogP contribution in [0.5, 0.6) is 5.75 Å². The number of esters is 1. The Morgan fingerprint density at radius 2 is 2.12 bits per heavy atom. The SMILES string of the molecule is CCCC#Cc1c(OC)cccc1C(=O)OC. The molecule has 0 atom stereocenters. The number of unbranched alkanes of at least 4 members (excludes halogenated alkanes) is 1. The average Bonchev–Trinajstić information content (AvgIpc) is 2.38. The first-order chi connectivity index (χ1) is 8.24. The summed E-state index contributed by atoms with van der Waals surface area (Å²) in [6.45, 7) is 2.05. The van der Waals surface area contributed by atoms with Gasteiger partial charge in [0.15, 0.2) is 0 Å². The van der Waals surface area contributed by atoms with Crippen LogP contribution < -0.4 is 4.74 Å². The van der Waals surface area contributed by atoms with Crippen LogP contribution in [0.25, 0.3) is 0 Å². The standard InChI is InChI=1S/C14H16O3/c1-4-5-6-8-11-12(14(15)17-3)9-7-10-13(11)16-2/h7,9-10H,4-5H2,1-3H3. The lowest BCUT2D eigenvalue weighted by Crippen LogP contribution is -2.05. The summed E-state index contributed by atoms with van der Waals surface area (Å²) in [5, 5.41) is 0. The van der Waals surface area contributed by atoms with Crippen LogP contribution in [-0.4, -0.2) is 20.2 Å². The second-order valence-corrected chi connectivity index (χ2v) is 3.43. The monoisotopic (exact) mass is 232 g/mol. The fourth-order valence-electron chi connectivity index (χ4n) is 1.39. The van der Waals surface area contributed by atoms with Gasteiger partial charge in [0, 0.05) is 6.42 Å². The van der Waals surface area contributed by atoms with E-state index in [1.807, 2.05) is 0 Å². The lowest BCUT2D eigenvalue weighted by atomic mass is 10.1. The van der Waals surface area contributed by atoms with Gasteiger partial charge in [0.2, 0.25) is 0 Å². The fourth-order valence-corrected chi connectivity index (χ4v) is 1.39. The molecule has 1 aromatic carbocycles. The molecule has 90 valence electrons. The van der Waals surface area contributed by atoms with E-state index >= 15 is 0 Å². The Balaban J connectivity index is 3.22. The van der Waals surface area contributed by atoms with E-state index in [2.05, 4.69) is 18.8 Å². The summed E-state index contributed by atoms with van der Waals surface area (Å²) >= 11 is 0. The van der Waals surface area contributed by atoms with Crippen LogP contribution in [0.15, 0.2) is 18.2 Å². The van der Waals surface area contributed by atoms with Gasteiger partial charge in [-0.1, -0.05) is 24.8 Å². The zero-order chi connectivity index (χ0) is 12.7. The topological polar surface area (TPSA) is 35.5 Å². The van der Waals surface area contributed by atoms with Crippen molar-refractivity contribution in [2.45, 2.75) is 19.8 Å². The lowest BCUT2D eigenvalue weighted by molar-refractivity contribution is 0.0600. The molecule has 0 aliphatic carbocycles. The van der Waals surface area contributed by atoms with E-state index in [4.69, 9.17) is 9.47 Å². The maximum atomic E-state index is 11.6. The van der Waals surface area contributed by atoms with Gasteiger partial charge >= 0.3 is 5.97 Å². The molecule has 0 saturated heterocycles. The molecule has 0 saturated carbocycles. The number of rotatable bonds is 3. The van der Waals surface area contributed by atoms with Gasteiger partial charge in [-0.25, -0.2) is 4.79 Å². The molecular weight excluding hydrogens is 216 g/mol. The van der Waals surface area contributed by atoms with Crippen LogP contribution in [-0.2, 0) is 4.74 Å². The lowest BCUT2D eigenvalue weighted by Gasteiger charge is -2.07. The first-order valence-electron chi connectivity index (χ1n) is 5.48. The summed E-state index contributed by atoms with van der Waals surface area (Å²) in [5.41, 5.74) is 1.03. The van der Waals surface area contributed by atoms with E-state index in [0.717, 1.165) is 12.8 Å². The minimum Gasteiger partial charge on any atom is -0.495 e. The number of hydrogen-bond acceptors (Lipinski definition) is 3. The van der Waals surface area contributed by atoms with Crippen molar-refractivity contribution >= 4 is 5.97 Å². The molecule has 0 unspecified atom stereocenters. The van der Waals surface area contributed by atoms with E-state index in [0.29, 0.717) is 16.9 Å². The molecule has 1 rings (SSSR count). The zero-order valence-electron chi connectivity index (χ0n) is 10.4. The molecule has 0 bridgehead atoms. The minimum atomic E-state index is -0.398. The Morgan fingerprint density at radius 1 is 1.35 bits per heavy atom. The van der Waals surface area contributed by atoms with Crippen molar-refractivity contribution in [3.63, 3.8) is 0 Å². The van der Waals surface area contributed by atoms with Crippen molar-refractivity contribution in [3.05, 3.63) is 29.3 Å². The fraction of sp³-hybridized carbons (Fsp3) is 0.357. The van der Waals surface area contributed by atoms with Gasteiger partial charge in [0.05, 0.1) is 25.3 Å². The van der Waals surface area contributed by atoms with Gasteiger partial charge in [-0.15, -0.1) is 0 Å². The third kappa shape index (κ3) is 3.25. The number of carbonyl (C=O) groups excluding carboxylic acids is 1. The Kier molecular flexibility index (Phi) is 5.09. The van der Waals surface area contributed by atoms with Gasteiger partial charge in [-0.3, -0.25) is 0 Å². The van der Waals surface area contributed by atoms with Gasteiger partial charge in [0.25, 0.3) is 0 Å². The quantitative estimate of drug-likeness (QED) is 0.593. The molecule has 0 aromatic heterocycles. The second kappa shape index (κ2) is 6.59. The highest BCUT2D eigenvalue weighted by atomic mass is 16.5. The number of carbonyl (C=O) groups is 1. The van der Waals surface area contributed by atoms with Crippen molar-refractivity contribution in [2.75, 3.05) is 14.2 Å². The molecule has 0 aliphatic heterocycles. The molecule has 3 heteroatoms. The molecule has 0 heterocycles. The van der Waals surface area contributed by atoms with E-state index in [9.17, 15) is 4.79 Å². The zero-order valence-corrected chi connectivity index (χ0v) is 10.4. The predicted octanol–water partition coefficient (Wildman–Crippen LogP) is 2.63. The van der Waals surface area contributed by atoms with Crippen LogP contribution in [0.3, 0.4) is 0 Å². The molecule has 0 aliphatic rings. The Hall–Kier alpha value is -1.95. The van der Waals surface area contributed by atoms with Gasteiger partial charge in [-0.2, -0.15) is 0 Å². The Morgan fingerprint density at radius 3 is 2.71 bits per heavy atom. The molecule has 17 heavy (non-hydrogen) atoms. The summed E-state index contributed by atoms with van der Waals surface area (Å²) < 4.78 is 9.92. The first kappa shape index (κ1) is 13.1. The smallest absolute Gasteiger partial charge is 0.339 e. The van der Waals surface area contributed by atoms with Crippen molar-refractivity contribution < 1.29 is 14.3 Å². The van der Waals surface area contributed by atoms with Crippen molar-refractivity contribution in [3.8, 4) is 17.6 Å². The number of methoxy groups -OCH3 is 2. The highest BCUT2D eigenvalue weighted by Gasteiger charge is 2.13. The summed E-state index contributed by atoms with van der Waals surface area (Å²) in [4.78, 5) is 11.6. The molecule has 0 N–H and O–H groups in total. The molecule has 0 fully saturated rings. The van der Waals surface area contributed by atoms with Crippen LogP contribution in [0, 0.1) is 11.8 Å². The maximum absolute atomic E-state index is 11.6. The molecular formula is C14H16O3. The number of ether oxygens (including phenoxy) is 2. The van der Waals surface area contributed by atoms with E-state index in [1.54, 1.807) is 25.3 Å². The highest BCUT2D eigenvalue weighted by molar-refractivity contribution is 5.93. The summed E-state index contributed by atoms with van der Waals surface area (Å²) in [5.74, 6) is 6.18. The number of benzene rings is 1. The molecule has 0 radical (unpaired) electrons. The van der Waals surface area contributed by atoms with Crippen LogP contribution >= 0.6 is 0 Å². The number of hydrogen-bond donors (Lipinski definition) is 0. The summed E-state index contributed by atoms with van der Waals surface area (Å²) in [7, 11) is 2.91. The van der Waals surface area contributed by atoms with Crippen molar-refractivity contribution in [2.24, 2.45) is 0 Å². The van der Waals surface area contributed by atoms with Crippen molar-refractivity contribution in [1.82, 2.24) is 0 Å². The molecule has 0 spiro atoms. The largest absolute Gasteiger partial charge is 0.495 e. The highest BCUT2D eigenvalue weighted by Crippen LogP contribution is 2.21. The van der Waals surface area contributed by atoms with Gasteiger partial charge < -0.3 is 9.47 Å². The third-order valence-electron chi connectivity index (χ3n) is 2.24. The molecule has 3 nitrogen and oxygen atoms in total. The summed E-state index contributed by atoms with van der Waals surface area (Å²) in [6, 6.07) is 5.21. The third-order valence-corrected chi connectivity index (χ3v) is 2.24. The molecule has 1 aromatic rings. The Labute approximate surface area is 102 Å². The van der Waals surface area contributed by atoms with E-state index in [-0.39, 0.29) is 0 Å². The van der Waals surface area contributed by atoms with E-state index < -0.39 is 5.97 Å². The normalized spacial score (nSPS) is 9.12. The van der Waals surface area contributed by atoms with Crippen molar-refractivity contribution in [1.29, 1.82) is 0 Å². The van der Waals surface area contributed by atoms with E-state index in [1.165, 1.54) is 7.11 Å². The maximum Gasteiger partial charge on any atom is 0.339 e. The van der Waals surface area contributed by atoms with Gasteiger partial charge in [-0.05, 0) is 18.6 Å².